The SMILES string of the molecule is COC(=O)C1CCCN1C(=O)[C@@H]1CCCN1. The van der Waals surface area contributed by atoms with E-state index in [4.69, 9.17) is 4.74 Å². The van der Waals surface area contributed by atoms with Crippen LogP contribution in [0.2, 0.25) is 0 Å². The maximum Gasteiger partial charge on any atom is 0.328 e. The summed E-state index contributed by atoms with van der Waals surface area (Å²) >= 11 is 0. The van der Waals surface area contributed by atoms with Gasteiger partial charge in [0, 0.05) is 6.54 Å². The number of nitrogens with one attached hydrogen (secondary N) is 1. The first kappa shape index (κ1) is 11.4. The Kier molecular flexibility index (Phi) is 3.43. The fourth-order valence-electron chi connectivity index (χ4n) is 2.51. The molecule has 2 aliphatic heterocycles. The fraction of sp³-hybridized carbons (Fsp3) is 0.818. The molecule has 1 unspecified atom stereocenters. The van der Waals surface area contributed by atoms with Gasteiger partial charge in [0.2, 0.25) is 5.91 Å². The molecule has 0 aliphatic carbocycles. The van der Waals surface area contributed by atoms with Crippen LogP contribution in [0.4, 0.5) is 0 Å². The van der Waals surface area contributed by atoms with E-state index in [0.29, 0.717) is 6.54 Å². The number of methoxy groups -OCH3 is 1. The minimum absolute atomic E-state index is 0.0606. The zero-order valence-electron chi connectivity index (χ0n) is 9.57. The molecule has 2 atom stereocenters. The van der Waals surface area contributed by atoms with Crippen molar-refractivity contribution >= 4 is 11.9 Å². The Hall–Kier alpha value is -1.10. The number of hydrogen-bond donors (Lipinski definition) is 1. The van der Waals surface area contributed by atoms with Crippen LogP contribution in [0.5, 0.6) is 0 Å². The lowest BCUT2D eigenvalue weighted by molar-refractivity contribution is -0.151. The molecule has 0 bridgehead atoms. The molecular weight excluding hydrogens is 208 g/mol. The predicted molar refractivity (Wildman–Crippen MR) is 57.8 cm³/mol. The van der Waals surface area contributed by atoms with Crippen molar-refractivity contribution in [2.45, 2.75) is 37.8 Å². The summed E-state index contributed by atoms with van der Waals surface area (Å²) in [4.78, 5) is 25.3. The molecule has 0 saturated carbocycles. The average Bonchev–Trinajstić information content (AvgIpc) is 2.97. The number of likely N-dealkylation sites (tertiary alicyclic amines) is 1. The molecule has 2 fully saturated rings. The van der Waals surface area contributed by atoms with Crippen LogP contribution < -0.4 is 5.32 Å². The van der Waals surface area contributed by atoms with Gasteiger partial charge < -0.3 is 15.0 Å². The van der Waals surface area contributed by atoms with Gasteiger partial charge >= 0.3 is 5.97 Å². The summed E-state index contributed by atoms with van der Waals surface area (Å²) in [6, 6.07) is -0.454. The lowest BCUT2D eigenvalue weighted by atomic mass is 10.1. The molecule has 1 N–H and O–H groups in total. The summed E-state index contributed by atoms with van der Waals surface area (Å²) in [5.74, 6) is -0.228. The molecule has 2 aliphatic rings. The average molecular weight is 226 g/mol. The van der Waals surface area contributed by atoms with Crippen molar-refractivity contribution in [1.82, 2.24) is 10.2 Å². The third-order valence-corrected chi connectivity index (χ3v) is 3.37. The van der Waals surface area contributed by atoms with E-state index in [-0.39, 0.29) is 24.0 Å². The Balaban J connectivity index is 2.01. The van der Waals surface area contributed by atoms with Gasteiger partial charge in [-0.3, -0.25) is 4.79 Å². The Morgan fingerprint density at radius 3 is 2.75 bits per heavy atom. The van der Waals surface area contributed by atoms with Gasteiger partial charge in [0.05, 0.1) is 13.2 Å². The van der Waals surface area contributed by atoms with E-state index in [1.165, 1.54) is 7.11 Å². The summed E-state index contributed by atoms with van der Waals surface area (Å²) < 4.78 is 4.72. The van der Waals surface area contributed by atoms with Gasteiger partial charge in [0.25, 0.3) is 0 Å². The second kappa shape index (κ2) is 4.82. The zero-order valence-corrected chi connectivity index (χ0v) is 9.57. The summed E-state index contributed by atoms with van der Waals surface area (Å²) in [6.45, 7) is 1.57. The van der Waals surface area contributed by atoms with Crippen molar-refractivity contribution in [3.63, 3.8) is 0 Å². The molecular formula is C11H18N2O3. The highest BCUT2D eigenvalue weighted by Gasteiger charge is 2.38. The third kappa shape index (κ3) is 2.04. The van der Waals surface area contributed by atoms with Crippen molar-refractivity contribution in [1.29, 1.82) is 0 Å². The number of nitrogens with zero attached hydrogens (tertiary/aromatic N) is 1. The van der Waals surface area contributed by atoms with E-state index >= 15 is 0 Å². The first-order valence-electron chi connectivity index (χ1n) is 5.85. The highest BCUT2D eigenvalue weighted by atomic mass is 16.5. The zero-order chi connectivity index (χ0) is 11.5. The summed E-state index contributed by atoms with van der Waals surface area (Å²) in [5.41, 5.74) is 0. The van der Waals surface area contributed by atoms with Gasteiger partial charge in [-0.15, -0.1) is 0 Å². The minimum Gasteiger partial charge on any atom is -0.467 e. The standard InChI is InChI=1S/C11H18N2O3/c1-16-11(15)9-5-3-7-13(9)10(14)8-4-2-6-12-8/h8-9,12H,2-7H2,1H3/t8-,9?/m0/s1. The highest BCUT2D eigenvalue weighted by Crippen LogP contribution is 2.21. The molecule has 16 heavy (non-hydrogen) atoms. The van der Waals surface area contributed by atoms with Crippen molar-refractivity contribution in [2.75, 3.05) is 20.2 Å². The Bertz CT molecular complexity index is 287. The number of amides is 1. The molecule has 2 heterocycles. The number of ether oxygens (including phenoxy) is 1. The van der Waals surface area contributed by atoms with E-state index in [0.717, 1.165) is 32.2 Å². The van der Waals surface area contributed by atoms with Crippen LogP contribution in [0.15, 0.2) is 0 Å². The van der Waals surface area contributed by atoms with E-state index in [1.54, 1.807) is 4.90 Å². The van der Waals surface area contributed by atoms with Crippen LogP contribution in [-0.4, -0.2) is 49.1 Å². The molecule has 0 radical (unpaired) electrons. The Labute approximate surface area is 95.1 Å². The van der Waals surface area contributed by atoms with Gasteiger partial charge in [-0.1, -0.05) is 0 Å². The number of esters is 1. The first-order valence-corrected chi connectivity index (χ1v) is 5.85. The van der Waals surface area contributed by atoms with E-state index < -0.39 is 0 Å². The van der Waals surface area contributed by atoms with E-state index in [2.05, 4.69) is 5.32 Å². The van der Waals surface area contributed by atoms with Crippen molar-refractivity contribution in [3.8, 4) is 0 Å². The van der Waals surface area contributed by atoms with Crippen LogP contribution in [0.25, 0.3) is 0 Å². The van der Waals surface area contributed by atoms with Crippen molar-refractivity contribution in [2.24, 2.45) is 0 Å². The smallest absolute Gasteiger partial charge is 0.328 e. The third-order valence-electron chi connectivity index (χ3n) is 3.37. The van der Waals surface area contributed by atoms with Gasteiger partial charge in [-0.2, -0.15) is 0 Å². The Morgan fingerprint density at radius 1 is 1.31 bits per heavy atom. The van der Waals surface area contributed by atoms with Crippen LogP contribution in [-0.2, 0) is 14.3 Å². The lowest BCUT2D eigenvalue weighted by Gasteiger charge is -2.25. The van der Waals surface area contributed by atoms with E-state index in [1.807, 2.05) is 0 Å². The molecule has 5 nitrogen and oxygen atoms in total. The maximum absolute atomic E-state index is 12.1. The van der Waals surface area contributed by atoms with Gasteiger partial charge in [-0.05, 0) is 32.2 Å². The van der Waals surface area contributed by atoms with Crippen molar-refractivity contribution in [3.05, 3.63) is 0 Å². The lowest BCUT2D eigenvalue weighted by Crippen LogP contribution is -2.48. The molecule has 0 aromatic rings. The van der Waals surface area contributed by atoms with Crippen LogP contribution in [0.1, 0.15) is 25.7 Å². The van der Waals surface area contributed by atoms with Gasteiger partial charge in [0.15, 0.2) is 0 Å². The minimum atomic E-state index is -0.361. The number of carbonyl (C=O) groups is 2. The summed E-state index contributed by atoms with van der Waals surface area (Å²) in [7, 11) is 1.37. The normalized spacial score (nSPS) is 29.4. The highest BCUT2D eigenvalue weighted by molar-refractivity contribution is 5.88. The summed E-state index contributed by atoms with van der Waals surface area (Å²) in [6.07, 6.45) is 3.53. The van der Waals surface area contributed by atoms with Crippen molar-refractivity contribution < 1.29 is 14.3 Å². The molecule has 0 aromatic carbocycles. The fourth-order valence-corrected chi connectivity index (χ4v) is 2.51. The van der Waals surface area contributed by atoms with E-state index in [9.17, 15) is 9.59 Å². The summed E-state index contributed by atoms with van der Waals surface area (Å²) in [5, 5.41) is 3.17. The largest absolute Gasteiger partial charge is 0.467 e. The molecule has 0 aromatic heterocycles. The maximum atomic E-state index is 12.1. The Morgan fingerprint density at radius 2 is 2.12 bits per heavy atom. The van der Waals surface area contributed by atoms with Crippen LogP contribution >= 0.6 is 0 Å². The predicted octanol–water partition coefficient (Wildman–Crippen LogP) is -0.0976. The molecule has 0 spiro atoms. The topological polar surface area (TPSA) is 58.6 Å². The molecule has 1 amide bonds. The number of hydrogen-bond acceptors (Lipinski definition) is 4. The quantitative estimate of drug-likeness (QED) is 0.668. The van der Waals surface area contributed by atoms with Crippen LogP contribution in [0, 0.1) is 0 Å². The molecule has 90 valence electrons. The van der Waals surface area contributed by atoms with Crippen LogP contribution in [0.3, 0.4) is 0 Å². The monoisotopic (exact) mass is 226 g/mol. The first-order chi connectivity index (χ1) is 7.74. The second-order valence-electron chi connectivity index (χ2n) is 4.36. The van der Waals surface area contributed by atoms with Gasteiger partial charge in [0.1, 0.15) is 6.04 Å². The molecule has 2 rings (SSSR count). The van der Waals surface area contributed by atoms with Gasteiger partial charge in [-0.25, -0.2) is 4.79 Å². The molecule has 5 heteroatoms. The second-order valence-corrected chi connectivity index (χ2v) is 4.36. The number of carbonyl (C=O) groups excluding carboxylic acids is 2. The molecule has 2 saturated heterocycles. The number of rotatable bonds is 2.